The van der Waals surface area contributed by atoms with Gasteiger partial charge in [-0.3, -0.25) is 4.79 Å². The second-order valence-corrected chi connectivity index (χ2v) is 6.06. The van der Waals surface area contributed by atoms with E-state index < -0.39 is 6.10 Å². The van der Waals surface area contributed by atoms with Crippen LogP contribution in [0.15, 0.2) is 24.3 Å². The van der Waals surface area contributed by atoms with Gasteiger partial charge in [-0.15, -0.1) is 0 Å². The molecule has 1 saturated heterocycles. The summed E-state index contributed by atoms with van der Waals surface area (Å²) in [6, 6.07) is 7.79. The summed E-state index contributed by atoms with van der Waals surface area (Å²) in [7, 11) is 0. The Kier molecular flexibility index (Phi) is 6.86. The van der Waals surface area contributed by atoms with Crippen molar-refractivity contribution in [3.8, 4) is 5.75 Å². The van der Waals surface area contributed by atoms with Crippen molar-refractivity contribution in [2.24, 2.45) is 5.92 Å². The number of nitrogens with zero attached hydrogens (tertiary/aromatic N) is 1. The number of para-hydroxylation sites is 1. The fourth-order valence-corrected chi connectivity index (χ4v) is 2.87. The Morgan fingerprint density at radius 1 is 1.35 bits per heavy atom. The van der Waals surface area contributed by atoms with Crippen LogP contribution in [0.5, 0.6) is 5.75 Å². The fourth-order valence-electron chi connectivity index (χ4n) is 2.87. The predicted octanol–water partition coefficient (Wildman–Crippen LogP) is 2.01. The lowest BCUT2D eigenvalue weighted by atomic mass is 9.97. The first kappa shape index (κ1) is 17.8. The average molecular weight is 321 g/mol. The molecule has 1 atom stereocenters. The molecule has 2 rings (SSSR count). The van der Waals surface area contributed by atoms with Crippen molar-refractivity contribution in [3.05, 3.63) is 29.8 Å². The molecule has 1 fully saturated rings. The van der Waals surface area contributed by atoms with Gasteiger partial charge in [-0.25, -0.2) is 0 Å². The summed E-state index contributed by atoms with van der Waals surface area (Å²) in [5.41, 5.74) is 1.06. The van der Waals surface area contributed by atoms with E-state index in [1.807, 2.05) is 38.1 Å². The van der Waals surface area contributed by atoms with Gasteiger partial charge in [0.15, 0.2) is 0 Å². The van der Waals surface area contributed by atoms with Crippen LogP contribution in [0.3, 0.4) is 0 Å². The second kappa shape index (κ2) is 8.89. The molecule has 1 heterocycles. The SMILES string of the molecule is CCOC(=O)C1CCN(CC(O)COc2ccccc2C)CC1. The number of ether oxygens (including phenoxy) is 2. The van der Waals surface area contributed by atoms with Gasteiger partial charge in [0.25, 0.3) is 0 Å². The van der Waals surface area contributed by atoms with Crippen LogP contribution < -0.4 is 4.74 Å². The summed E-state index contributed by atoms with van der Waals surface area (Å²) in [5, 5.41) is 10.2. The summed E-state index contributed by atoms with van der Waals surface area (Å²) in [4.78, 5) is 13.9. The van der Waals surface area contributed by atoms with Gasteiger partial charge in [0.05, 0.1) is 12.5 Å². The van der Waals surface area contributed by atoms with Gasteiger partial charge in [-0.1, -0.05) is 18.2 Å². The van der Waals surface area contributed by atoms with Crippen molar-refractivity contribution >= 4 is 5.97 Å². The minimum absolute atomic E-state index is 0.00608. The van der Waals surface area contributed by atoms with Crippen LogP contribution in [-0.2, 0) is 9.53 Å². The smallest absolute Gasteiger partial charge is 0.309 e. The number of β-amino-alcohol motifs (C(OH)–C–C–N with tert-alkyl or cyclic N) is 1. The first-order valence-corrected chi connectivity index (χ1v) is 8.35. The van der Waals surface area contributed by atoms with E-state index in [0.717, 1.165) is 37.2 Å². The van der Waals surface area contributed by atoms with E-state index in [1.54, 1.807) is 0 Å². The maximum Gasteiger partial charge on any atom is 0.309 e. The molecular formula is C18H27NO4. The zero-order valence-electron chi connectivity index (χ0n) is 14.0. The van der Waals surface area contributed by atoms with Crippen LogP contribution in [0.4, 0.5) is 0 Å². The third-order valence-corrected chi connectivity index (χ3v) is 4.20. The minimum atomic E-state index is -0.534. The highest BCUT2D eigenvalue weighted by molar-refractivity contribution is 5.72. The molecule has 0 amide bonds. The van der Waals surface area contributed by atoms with Gasteiger partial charge < -0.3 is 19.5 Å². The van der Waals surface area contributed by atoms with E-state index in [4.69, 9.17) is 9.47 Å². The number of esters is 1. The molecule has 0 aliphatic carbocycles. The number of piperidine rings is 1. The lowest BCUT2D eigenvalue weighted by Gasteiger charge is -2.32. The molecule has 5 nitrogen and oxygen atoms in total. The summed E-state index contributed by atoms with van der Waals surface area (Å²) in [5.74, 6) is 0.731. The van der Waals surface area contributed by atoms with Gasteiger partial charge in [-0.05, 0) is 51.4 Å². The fraction of sp³-hybridized carbons (Fsp3) is 0.611. The van der Waals surface area contributed by atoms with E-state index in [2.05, 4.69) is 4.90 Å². The first-order chi connectivity index (χ1) is 11.1. The molecule has 1 aromatic rings. The number of carbonyl (C=O) groups excluding carboxylic acids is 1. The maximum absolute atomic E-state index is 11.7. The lowest BCUT2D eigenvalue weighted by molar-refractivity contribution is -0.149. The van der Waals surface area contributed by atoms with E-state index in [1.165, 1.54) is 0 Å². The third kappa shape index (κ3) is 5.52. The molecule has 1 aromatic carbocycles. The Balaban J connectivity index is 1.69. The quantitative estimate of drug-likeness (QED) is 0.779. The van der Waals surface area contributed by atoms with E-state index in [-0.39, 0.29) is 18.5 Å². The molecule has 1 N–H and O–H groups in total. The minimum Gasteiger partial charge on any atom is -0.491 e. The van der Waals surface area contributed by atoms with Crippen LogP contribution in [0.2, 0.25) is 0 Å². The van der Waals surface area contributed by atoms with Gasteiger partial charge in [0, 0.05) is 6.54 Å². The van der Waals surface area contributed by atoms with Gasteiger partial charge in [0.1, 0.15) is 18.5 Å². The molecule has 23 heavy (non-hydrogen) atoms. The maximum atomic E-state index is 11.7. The third-order valence-electron chi connectivity index (χ3n) is 4.20. The Morgan fingerprint density at radius 3 is 2.70 bits per heavy atom. The van der Waals surface area contributed by atoms with E-state index in [9.17, 15) is 9.90 Å². The van der Waals surface area contributed by atoms with Crippen LogP contribution >= 0.6 is 0 Å². The number of rotatable bonds is 7. The molecule has 0 spiro atoms. The number of aliphatic hydroxyl groups excluding tert-OH is 1. The van der Waals surface area contributed by atoms with Crippen LogP contribution in [0, 0.1) is 12.8 Å². The molecule has 1 aliphatic heterocycles. The molecule has 5 heteroatoms. The molecule has 0 aromatic heterocycles. The Morgan fingerprint density at radius 2 is 2.04 bits per heavy atom. The highest BCUT2D eigenvalue weighted by atomic mass is 16.5. The highest BCUT2D eigenvalue weighted by Gasteiger charge is 2.26. The standard InChI is InChI=1S/C18H27NO4/c1-3-22-18(21)15-8-10-19(11-9-15)12-16(20)13-23-17-7-5-4-6-14(17)2/h4-7,15-16,20H,3,8-13H2,1-2H3. The Bertz CT molecular complexity index is 498. The molecule has 128 valence electrons. The molecule has 0 radical (unpaired) electrons. The van der Waals surface area contributed by atoms with Crippen molar-refractivity contribution in [3.63, 3.8) is 0 Å². The van der Waals surface area contributed by atoms with Crippen molar-refractivity contribution in [2.75, 3.05) is 32.8 Å². The van der Waals surface area contributed by atoms with Crippen molar-refractivity contribution < 1.29 is 19.4 Å². The second-order valence-electron chi connectivity index (χ2n) is 6.06. The van der Waals surface area contributed by atoms with Gasteiger partial charge in [-0.2, -0.15) is 0 Å². The number of aryl methyl sites for hydroxylation is 1. The number of likely N-dealkylation sites (tertiary alicyclic amines) is 1. The van der Waals surface area contributed by atoms with Crippen LogP contribution in [0.25, 0.3) is 0 Å². The van der Waals surface area contributed by atoms with E-state index in [0.29, 0.717) is 13.2 Å². The monoisotopic (exact) mass is 321 g/mol. The number of hydrogen-bond acceptors (Lipinski definition) is 5. The number of carbonyl (C=O) groups is 1. The van der Waals surface area contributed by atoms with Crippen molar-refractivity contribution in [2.45, 2.75) is 32.8 Å². The van der Waals surface area contributed by atoms with E-state index >= 15 is 0 Å². The van der Waals surface area contributed by atoms with Crippen molar-refractivity contribution in [1.82, 2.24) is 4.90 Å². The largest absolute Gasteiger partial charge is 0.491 e. The normalized spacial score (nSPS) is 17.7. The number of hydrogen-bond donors (Lipinski definition) is 1. The molecular weight excluding hydrogens is 294 g/mol. The zero-order valence-corrected chi connectivity index (χ0v) is 14.0. The summed E-state index contributed by atoms with van der Waals surface area (Å²) in [6.07, 6.45) is 1.06. The van der Waals surface area contributed by atoms with Gasteiger partial charge >= 0.3 is 5.97 Å². The molecule has 0 bridgehead atoms. The highest BCUT2D eigenvalue weighted by Crippen LogP contribution is 2.19. The Hall–Kier alpha value is -1.59. The number of benzene rings is 1. The molecule has 1 aliphatic rings. The first-order valence-electron chi connectivity index (χ1n) is 8.35. The number of aliphatic hydroxyl groups is 1. The van der Waals surface area contributed by atoms with Crippen molar-refractivity contribution in [1.29, 1.82) is 0 Å². The predicted molar refractivity (Wildman–Crippen MR) is 88.5 cm³/mol. The summed E-state index contributed by atoms with van der Waals surface area (Å²) in [6.45, 7) is 6.73. The van der Waals surface area contributed by atoms with Crippen LogP contribution in [-0.4, -0.2) is 54.9 Å². The Labute approximate surface area is 138 Å². The zero-order chi connectivity index (χ0) is 16.7. The summed E-state index contributed by atoms with van der Waals surface area (Å²) >= 11 is 0. The lowest BCUT2D eigenvalue weighted by Crippen LogP contribution is -2.42. The van der Waals surface area contributed by atoms with Crippen LogP contribution in [0.1, 0.15) is 25.3 Å². The summed E-state index contributed by atoms with van der Waals surface area (Å²) < 4.78 is 10.8. The topological polar surface area (TPSA) is 59.0 Å². The van der Waals surface area contributed by atoms with Gasteiger partial charge in [0.2, 0.25) is 0 Å². The molecule has 0 saturated carbocycles. The average Bonchev–Trinajstić information content (AvgIpc) is 2.55. The molecule has 1 unspecified atom stereocenters.